The van der Waals surface area contributed by atoms with E-state index in [9.17, 15) is 48.6 Å². The molecule has 5 unspecified atom stereocenters. The molecule has 0 bridgehead atoms. The highest BCUT2D eigenvalue weighted by molar-refractivity contribution is 7.98. The van der Waals surface area contributed by atoms with E-state index in [2.05, 4.69) is 26.6 Å². The second-order valence-corrected chi connectivity index (χ2v) is 12.4. The summed E-state index contributed by atoms with van der Waals surface area (Å²) in [6, 6.07) is -1.03. The molecule has 0 fully saturated rings. The lowest BCUT2D eigenvalue weighted by molar-refractivity contribution is -0.141. The van der Waals surface area contributed by atoms with Gasteiger partial charge in [0.05, 0.1) is 25.4 Å². The van der Waals surface area contributed by atoms with Crippen molar-refractivity contribution in [1.29, 1.82) is 0 Å². The van der Waals surface area contributed by atoms with Crippen LogP contribution in [0.3, 0.4) is 0 Å². The van der Waals surface area contributed by atoms with Crippen molar-refractivity contribution < 1.29 is 48.6 Å². The molecule has 0 aliphatic rings. The summed E-state index contributed by atoms with van der Waals surface area (Å²) in [6.45, 7) is -0.532. The van der Waals surface area contributed by atoms with Gasteiger partial charge < -0.3 is 53.1 Å². The number of hydrogen-bond donors (Lipinski definition) is 9. The average Bonchev–Trinajstić information content (AvgIpc) is 3.03. The fraction of sp³-hybridized carbons (Fsp3) is 0.517. The summed E-state index contributed by atoms with van der Waals surface area (Å²) in [5.74, 6) is -5.91. The number of carboxylic acids is 1. The predicted octanol–water partition coefficient (Wildman–Crippen LogP) is -2.63. The lowest BCUT2D eigenvalue weighted by Gasteiger charge is -2.26. The van der Waals surface area contributed by atoms with E-state index >= 15 is 0 Å². The van der Waals surface area contributed by atoms with Crippen molar-refractivity contribution in [3.8, 4) is 5.75 Å². The number of thioether (sulfide) groups is 2. The fourth-order valence-electron chi connectivity index (χ4n) is 4.15. The molecule has 0 aliphatic heterocycles. The number of nitrogens with two attached hydrogens (primary N) is 2. The maximum Gasteiger partial charge on any atom is 0.305 e. The second kappa shape index (κ2) is 22.3. The third-order valence-corrected chi connectivity index (χ3v) is 7.92. The van der Waals surface area contributed by atoms with Crippen molar-refractivity contribution in [2.24, 2.45) is 11.5 Å². The molecule has 6 amide bonds. The molecule has 0 aliphatic carbocycles. The van der Waals surface area contributed by atoms with Gasteiger partial charge in [0.2, 0.25) is 35.4 Å². The summed E-state index contributed by atoms with van der Waals surface area (Å²) < 4.78 is 0. The van der Waals surface area contributed by atoms with Gasteiger partial charge in [0, 0.05) is 6.42 Å². The van der Waals surface area contributed by atoms with Crippen LogP contribution in [-0.4, -0.2) is 119 Å². The van der Waals surface area contributed by atoms with Crippen LogP contribution in [0.25, 0.3) is 0 Å². The molecule has 1 rings (SSSR count). The maximum absolute atomic E-state index is 13.7. The number of carbonyl (C=O) groups is 8. The molecular formula is C29H43N7O10S2. The molecule has 48 heavy (non-hydrogen) atoms. The molecule has 0 radical (unpaired) electrons. The first kappa shape index (κ1) is 41.7. The SMILES string of the molecule is CSCCC(C=O)NC(=O)C(CC(N)=O)NC(=O)C(CCSC)NC(=O)C(Cc1ccc(O)cc1)NC(=O)C(CC(=O)O)NC(=O)CN. The summed E-state index contributed by atoms with van der Waals surface area (Å²) in [5.41, 5.74) is 11.1. The van der Waals surface area contributed by atoms with Gasteiger partial charge in [-0.3, -0.25) is 33.6 Å². The number of phenolic OH excluding ortho intramolecular Hbond substituents is 1. The number of primary amides is 1. The van der Waals surface area contributed by atoms with E-state index in [-0.39, 0.29) is 18.6 Å². The average molecular weight is 714 g/mol. The Morgan fingerprint density at radius 3 is 1.79 bits per heavy atom. The molecule has 266 valence electrons. The molecule has 1 aromatic rings. The lowest BCUT2D eigenvalue weighted by Crippen LogP contribution is -2.59. The van der Waals surface area contributed by atoms with Gasteiger partial charge in [-0.05, 0) is 54.6 Å². The minimum Gasteiger partial charge on any atom is -0.508 e. The molecule has 0 saturated carbocycles. The Balaban J connectivity index is 3.32. The highest BCUT2D eigenvalue weighted by atomic mass is 32.2. The molecule has 0 aromatic heterocycles. The second-order valence-electron chi connectivity index (χ2n) is 10.5. The third kappa shape index (κ3) is 16.0. The van der Waals surface area contributed by atoms with E-state index in [0.717, 1.165) is 0 Å². The number of nitrogens with one attached hydrogen (secondary N) is 5. The van der Waals surface area contributed by atoms with Crippen LogP contribution in [0, 0.1) is 0 Å². The number of aromatic hydroxyl groups is 1. The molecule has 19 heteroatoms. The van der Waals surface area contributed by atoms with Crippen LogP contribution in [0.5, 0.6) is 5.75 Å². The minimum absolute atomic E-state index is 0.0441. The highest BCUT2D eigenvalue weighted by Gasteiger charge is 2.33. The van der Waals surface area contributed by atoms with Gasteiger partial charge in [0.1, 0.15) is 36.2 Å². The summed E-state index contributed by atoms with van der Waals surface area (Å²) in [5, 5.41) is 31.0. The maximum atomic E-state index is 13.7. The van der Waals surface area contributed by atoms with E-state index in [1.807, 2.05) is 6.26 Å². The quantitative estimate of drug-likeness (QED) is 0.0526. The topological polar surface area (TPSA) is 289 Å². The predicted molar refractivity (Wildman–Crippen MR) is 179 cm³/mol. The Morgan fingerprint density at radius 1 is 0.750 bits per heavy atom. The van der Waals surface area contributed by atoms with Gasteiger partial charge in [0.25, 0.3) is 0 Å². The minimum atomic E-state index is -1.59. The molecule has 5 atom stereocenters. The molecule has 17 nitrogen and oxygen atoms in total. The molecule has 0 heterocycles. The fourth-order valence-corrected chi connectivity index (χ4v) is 5.11. The normalized spacial score (nSPS) is 13.8. The van der Waals surface area contributed by atoms with Crippen LogP contribution in [0.1, 0.15) is 31.2 Å². The number of benzene rings is 1. The summed E-state index contributed by atoms with van der Waals surface area (Å²) in [7, 11) is 0. The van der Waals surface area contributed by atoms with Crippen LogP contribution in [-0.2, 0) is 44.8 Å². The van der Waals surface area contributed by atoms with Crippen LogP contribution in [0.15, 0.2) is 24.3 Å². The van der Waals surface area contributed by atoms with Crippen molar-refractivity contribution in [3.63, 3.8) is 0 Å². The number of aliphatic carboxylic acids is 1. The van der Waals surface area contributed by atoms with Crippen molar-refractivity contribution in [1.82, 2.24) is 26.6 Å². The Labute approximate surface area is 285 Å². The summed E-state index contributed by atoms with van der Waals surface area (Å²) >= 11 is 2.79. The number of rotatable bonds is 23. The van der Waals surface area contributed by atoms with Gasteiger partial charge in [-0.15, -0.1) is 0 Å². The van der Waals surface area contributed by atoms with Gasteiger partial charge in [0.15, 0.2) is 0 Å². The first-order valence-electron chi connectivity index (χ1n) is 14.7. The number of amides is 6. The molecule has 11 N–H and O–H groups in total. The van der Waals surface area contributed by atoms with Crippen LogP contribution >= 0.6 is 23.5 Å². The molecular weight excluding hydrogens is 670 g/mol. The Morgan fingerprint density at radius 2 is 1.25 bits per heavy atom. The van der Waals surface area contributed by atoms with Gasteiger partial charge in [-0.25, -0.2) is 0 Å². The van der Waals surface area contributed by atoms with Gasteiger partial charge in [-0.2, -0.15) is 23.5 Å². The van der Waals surface area contributed by atoms with Gasteiger partial charge in [-0.1, -0.05) is 12.1 Å². The Kier molecular flexibility index (Phi) is 19.3. The van der Waals surface area contributed by atoms with E-state index in [1.165, 1.54) is 47.8 Å². The number of carboxylic acid groups (broad SMARTS) is 1. The first-order chi connectivity index (χ1) is 22.7. The smallest absolute Gasteiger partial charge is 0.305 e. The van der Waals surface area contributed by atoms with E-state index < -0.39 is 91.0 Å². The van der Waals surface area contributed by atoms with Crippen molar-refractivity contribution in [2.45, 2.75) is 62.3 Å². The highest BCUT2D eigenvalue weighted by Crippen LogP contribution is 2.13. The molecule has 1 aromatic carbocycles. The first-order valence-corrected chi connectivity index (χ1v) is 17.4. The van der Waals surface area contributed by atoms with Crippen LogP contribution < -0.4 is 38.1 Å². The zero-order chi connectivity index (χ0) is 36.2. The third-order valence-electron chi connectivity index (χ3n) is 6.63. The Hall–Kier alpha value is -4.36. The zero-order valence-electron chi connectivity index (χ0n) is 26.6. The van der Waals surface area contributed by atoms with Gasteiger partial charge >= 0.3 is 5.97 Å². The number of carbonyl (C=O) groups excluding carboxylic acids is 7. The Bertz CT molecular complexity index is 1290. The van der Waals surface area contributed by atoms with Crippen LogP contribution in [0.4, 0.5) is 0 Å². The number of hydrogen-bond acceptors (Lipinski definition) is 12. The van der Waals surface area contributed by atoms with Crippen LogP contribution in [0.2, 0.25) is 0 Å². The monoisotopic (exact) mass is 713 g/mol. The zero-order valence-corrected chi connectivity index (χ0v) is 28.2. The van der Waals surface area contributed by atoms with E-state index in [4.69, 9.17) is 11.5 Å². The molecule has 0 saturated heterocycles. The largest absolute Gasteiger partial charge is 0.508 e. The van der Waals surface area contributed by atoms with Crippen molar-refractivity contribution in [3.05, 3.63) is 29.8 Å². The molecule has 0 spiro atoms. The van der Waals surface area contributed by atoms with Crippen molar-refractivity contribution in [2.75, 3.05) is 30.6 Å². The lowest BCUT2D eigenvalue weighted by atomic mass is 10.0. The van der Waals surface area contributed by atoms with E-state index in [0.29, 0.717) is 29.8 Å². The summed E-state index contributed by atoms with van der Waals surface area (Å²) in [6.07, 6.45) is 2.83. The summed E-state index contributed by atoms with van der Waals surface area (Å²) in [4.78, 5) is 99.7. The van der Waals surface area contributed by atoms with Crippen molar-refractivity contribution >= 4 is 71.2 Å². The standard InChI is InChI=1S/C29H43N7O10S2/c1-47-9-7-17(15-37)32-27(44)21(12-23(31)39)36-26(43)19(8-10-48-2)34-28(45)20(11-16-3-5-18(38)6-4-16)35-29(46)22(13-25(41)42)33-24(40)14-30/h3-6,15,17,19-22,38H,7-14,30H2,1-2H3,(H2,31,39)(H,32,44)(H,33,40)(H,34,45)(H,35,46)(H,36,43)(H,41,42). The van der Waals surface area contributed by atoms with E-state index in [1.54, 1.807) is 6.26 Å². The number of phenols is 1. The number of aldehydes is 1.